The second kappa shape index (κ2) is 5.89. The molecule has 3 rings (SSSR count). The van der Waals surface area contributed by atoms with Crippen LogP contribution in [-0.4, -0.2) is 24.9 Å². The highest BCUT2D eigenvalue weighted by Crippen LogP contribution is 2.34. The Kier molecular flexibility index (Phi) is 3.78. The summed E-state index contributed by atoms with van der Waals surface area (Å²) in [6.45, 7) is 2.33. The molecule has 0 spiro atoms. The first-order valence-electron chi connectivity index (χ1n) is 6.97. The third kappa shape index (κ3) is 2.65. The molecule has 1 aliphatic heterocycles. The highest BCUT2D eigenvalue weighted by atomic mass is 16.6. The Morgan fingerprint density at radius 2 is 1.68 bits per heavy atom. The standard InChI is InChI=1S/C17H15NO4/c1-11(19)12-5-2-3-7-14(12)18-17(20)13-6-4-8-15-16(13)22-10-9-21-15/h2-8H,9-10H2,1H3,(H,18,20). The quantitative estimate of drug-likeness (QED) is 0.885. The number of carbonyl (C=O) groups excluding carboxylic acids is 2. The zero-order valence-electron chi connectivity index (χ0n) is 12.1. The number of fused-ring (bicyclic) bond motifs is 1. The average Bonchev–Trinajstić information content (AvgIpc) is 2.54. The van der Waals surface area contributed by atoms with E-state index in [0.29, 0.717) is 41.5 Å². The molecule has 1 heterocycles. The number of carbonyl (C=O) groups is 2. The molecular weight excluding hydrogens is 282 g/mol. The van der Waals surface area contributed by atoms with Gasteiger partial charge in [0.05, 0.1) is 11.3 Å². The maximum absolute atomic E-state index is 12.5. The van der Waals surface area contributed by atoms with Gasteiger partial charge in [-0.1, -0.05) is 18.2 Å². The largest absolute Gasteiger partial charge is 0.486 e. The van der Waals surface area contributed by atoms with Crippen LogP contribution in [0.2, 0.25) is 0 Å². The average molecular weight is 297 g/mol. The minimum absolute atomic E-state index is 0.106. The van der Waals surface area contributed by atoms with Crippen LogP contribution < -0.4 is 14.8 Å². The maximum Gasteiger partial charge on any atom is 0.259 e. The molecule has 0 bridgehead atoms. The molecule has 112 valence electrons. The van der Waals surface area contributed by atoms with Crippen molar-refractivity contribution in [3.8, 4) is 11.5 Å². The molecule has 0 unspecified atom stereocenters. The lowest BCUT2D eigenvalue weighted by molar-refractivity contribution is 0.101. The van der Waals surface area contributed by atoms with Gasteiger partial charge >= 0.3 is 0 Å². The lowest BCUT2D eigenvalue weighted by Crippen LogP contribution is -2.20. The van der Waals surface area contributed by atoms with Crippen LogP contribution in [0.1, 0.15) is 27.6 Å². The van der Waals surface area contributed by atoms with E-state index in [4.69, 9.17) is 9.47 Å². The Morgan fingerprint density at radius 1 is 0.955 bits per heavy atom. The van der Waals surface area contributed by atoms with Crippen LogP contribution in [0.3, 0.4) is 0 Å². The number of amides is 1. The third-order valence-corrected chi connectivity index (χ3v) is 3.37. The van der Waals surface area contributed by atoms with Crippen LogP contribution in [-0.2, 0) is 0 Å². The normalized spacial score (nSPS) is 12.6. The van der Waals surface area contributed by atoms with Crippen LogP contribution in [0.5, 0.6) is 11.5 Å². The first kappa shape index (κ1) is 14.1. The van der Waals surface area contributed by atoms with E-state index >= 15 is 0 Å². The van der Waals surface area contributed by atoms with Gasteiger partial charge < -0.3 is 14.8 Å². The second-order valence-corrected chi connectivity index (χ2v) is 4.89. The third-order valence-electron chi connectivity index (χ3n) is 3.37. The molecule has 0 saturated carbocycles. The number of anilines is 1. The van der Waals surface area contributed by atoms with E-state index in [0.717, 1.165) is 0 Å². The molecule has 0 aliphatic carbocycles. The van der Waals surface area contributed by atoms with E-state index in [2.05, 4.69) is 5.32 Å². The fourth-order valence-corrected chi connectivity index (χ4v) is 2.34. The maximum atomic E-state index is 12.5. The van der Waals surface area contributed by atoms with Crippen LogP contribution in [0.25, 0.3) is 0 Å². The van der Waals surface area contributed by atoms with Gasteiger partial charge in [0, 0.05) is 5.56 Å². The zero-order chi connectivity index (χ0) is 15.5. The number of nitrogens with one attached hydrogen (secondary N) is 1. The second-order valence-electron chi connectivity index (χ2n) is 4.89. The van der Waals surface area contributed by atoms with Crippen LogP contribution in [0.4, 0.5) is 5.69 Å². The fraction of sp³-hybridized carbons (Fsp3) is 0.176. The number of Topliss-reactive ketones (excluding diaryl/α,β-unsaturated/α-hetero) is 1. The first-order chi connectivity index (χ1) is 10.7. The van der Waals surface area contributed by atoms with Crippen molar-refractivity contribution in [3.63, 3.8) is 0 Å². The summed E-state index contributed by atoms with van der Waals surface area (Å²) < 4.78 is 11.0. The zero-order valence-corrected chi connectivity index (χ0v) is 12.1. The SMILES string of the molecule is CC(=O)c1ccccc1NC(=O)c1cccc2c1OCCO2. The summed E-state index contributed by atoms with van der Waals surface area (Å²) in [5, 5.41) is 2.76. The van der Waals surface area contributed by atoms with Gasteiger partial charge in [0.25, 0.3) is 5.91 Å². The van der Waals surface area contributed by atoms with Gasteiger partial charge in [-0.2, -0.15) is 0 Å². The predicted molar refractivity (Wildman–Crippen MR) is 81.8 cm³/mol. The number of hydrogen-bond acceptors (Lipinski definition) is 4. The van der Waals surface area contributed by atoms with Crippen molar-refractivity contribution >= 4 is 17.4 Å². The van der Waals surface area contributed by atoms with E-state index in [9.17, 15) is 9.59 Å². The van der Waals surface area contributed by atoms with E-state index in [1.54, 1.807) is 42.5 Å². The topological polar surface area (TPSA) is 64.6 Å². The fourth-order valence-electron chi connectivity index (χ4n) is 2.34. The Bertz CT molecular complexity index is 739. The molecule has 2 aromatic rings. The summed E-state index contributed by atoms with van der Waals surface area (Å²) in [6.07, 6.45) is 0. The molecule has 5 heteroatoms. The van der Waals surface area contributed by atoms with E-state index in [1.165, 1.54) is 6.92 Å². The van der Waals surface area contributed by atoms with Crippen molar-refractivity contribution in [1.29, 1.82) is 0 Å². The molecule has 0 atom stereocenters. The van der Waals surface area contributed by atoms with Crippen molar-refractivity contribution in [1.82, 2.24) is 0 Å². The molecule has 2 aromatic carbocycles. The lowest BCUT2D eigenvalue weighted by Gasteiger charge is -2.20. The highest BCUT2D eigenvalue weighted by molar-refractivity contribution is 6.10. The lowest BCUT2D eigenvalue weighted by atomic mass is 10.1. The van der Waals surface area contributed by atoms with Crippen molar-refractivity contribution < 1.29 is 19.1 Å². The van der Waals surface area contributed by atoms with Gasteiger partial charge in [-0.25, -0.2) is 0 Å². The van der Waals surface area contributed by atoms with Crippen LogP contribution in [0.15, 0.2) is 42.5 Å². The number of ketones is 1. The molecule has 1 N–H and O–H groups in total. The summed E-state index contributed by atoms with van der Waals surface area (Å²) in [4.78, 5) is 24.1. The Balaban J connectivity index is 1.92. The number of benzene rings is 2. The van der Waals surface area contributed by atoms with Gasteiger partial charge in [0.1, 0.15) is 13.2 Å². The van der Waals surface area contributed by atoms with Crippen molar-refractivity contribution in [2.75, 3.05) is 18.5 Å². The molecule has 1 aliphatic rings. The summed E-state index contributed by atoms with van der Waals surface area (Å²) in [6, 6.07) is 12.1. The van der Waals surface area contributed by atoms with Crippen LogP contribution in [0, 0.1) is 0 Å². The van der Waals surface area contributed by atoms with Gasteiger partial charge in [-0.05, 0) is 31.2 Å². The highest BCUT2D eigenvalue weighted by Gasteiger charge is 2.21. The van der Waals surface area contributed by atoms with E-state index in [1.807, 2.05) is 0 Å². The summed E-state index contributed by atoms with van der Waals surface area (Å²) >= 11 is 0. The molecule has 5 nitrogen and oxygen atoms in total. The predicted octanol–water partition coefficient (Wildman–Crippen LogP) is 2.91. The van der Waals surface area contributed by atoms with Gasteiger partial charge in [0.2, 0.25) is 0 Å². The van der Waals surface area contributed by atoms with Crippen molar-refractivity contribution in [2.24, 2.45) is 0 Å². The molecule has 0 saturated heterocycles. The van der Waals surface area contributed by atoms with Crippen molar-refractivity contribution in [3.05, 3.63) is 53.6 Å². The molecule has 1 amide bonds. The first-order valence-corrected chi connectivity index (χ1v) is 6.97. The molecule has 0 radical (unpaired) electrons. The molecule has 0 aromatic heterocycles. The summed E-state index contributed by atoms with van der Waals surface area (Å²) in [5.74, 6) is 0.548. The van der Waals surface area contributed by atoms with Gasteiger partial charge in [0.15, 0.2) is 17.3 Å². The molecule has 22 heavy (non-hydrogen) atoms. The van der Waals surface area contributed by atoms with E-state index in [-0.39, 0.29) is 11.7 Å². The smallest absolute Gasteiger partial charge is 0.259 e. The number of hydrogen-bond donors (Lipinski definition) is 1. The number of ether oxygens (including phenoxy) is 2. The minimum atomic E-state index is -0.337. The number of rotatable bonds is 3. The molecule has 0 fully saturated rings. The van der Waals surface area contributed by atoms with Gasteiger partial charge in [-0.15, -0.1) is 0 Å². The Morgan fingerprint density at radius 3 is 2.50 bits per heavy atom. The van der Waals surface area contributed by atoms with Crippen LogP contribution >= 0.6 is 0 Å². The van der Waals surface area contributed by atoms with Crippen molar-refractivity contribution in [2.45, 2.75) is 6.92 Å². The number of para-hydroxylation sites is 2. The molecular formula is C17H15NO4. The monoisotopic (exact) mass is 297 g/mol. The summed E-state index contributed by atoms with van der Waals surface area (Å²) in [7, 11) is 0. The Labute approximate surface area is 127 Å². The minimum Gasteiger partial charge on any atom is -0.486 e. The Hall–Kier alpha value is -2.82. The van der Waals surface area contributed by atoms with E-state index < -0.39 is 0 Å². The van der Waals surface area contributed by atoms with Gasteiger partial charge in [-0.3, -0.25) is 9.59 Å². The summed E-state index contributed by atoms with van der Waals surface area (Å²) in [5.41, 5.74) is 1.34.